The Labute approximate surface area is 230 Å². The normalized spacial score (nSPS) is 24.5. The fourth-order valence-corrected chi connectivity index (χ4v) is 8.24. The summed E-state index contributed by atoms with van der Waals surface area (Å²) in [6.45, 7) is 9.90. The summed E-state index contributed by atoms with van der Waals surface area (Å²) in [5, 5.41) is 19.0. The molecular formula is C29H45N5O3S. The van der Waals surface area contributed by atoms with E-state index in [2.05, 4.69) is 21.8 Å². The van der Waals surface area contributed by atoms with Gasteiger partial charge in [-0.05, 0) is 85.1 Å². The molecule has 0 bridgehead atoms. The molecular weight excluding hydrogens is 498 g/mol. The molecule has 0 radical (unpaired) electrons. The minimum atomic E-state index is -0.813. The summed E-state index contributed by atoms with van der Waals surface area (Å²) in [5.41, 5.74) is 0.649. The zero-order chi connectivity index (χ0) is 27.0. The first-order valence-electron chi connectivity index (χ1n) is 14.7. The first-order chi connectivity index (χ1) is 18.1. The summed E-state index contributed by atoms with van der Waals surface area (Å²) in [6, 6.07) is 3.36. The molecule has 2 N–H and O–H groups in total. The number of piperidine rings is 1. The average Bonchev–Trinajstić information content (AvgIpc) is 3.45. The summed E-state index contributed by atoms with van der Waals surface area (Å²) < 4.78 is 2.21. The fourth-order valence-electron chi connectivity index (χ4n) is 7.10. The second-order valence-electron chi connectivity index (χ2n) is 12.7. The van der Waals surface area contributed by atoms with Gasteiger partial charge in [-0.2, -0.15) is 5.10 Å². The van der Waals surface area contributed by atoms with Crippen LogP contribution >= 0.6 is 11.3 Å². The molecule has 9 heteroatoms. The third kappa shape index (κ3) is 5.74. The minimum absolute atomic E-state index is 0.0565. The molecule has 8 nitrogen and oxygen atoms in total. The highest BCUT2D eigenvalue weighted by Crippen LogP contribution is 2.36. The Kier molecular flexibility index (Phi) is 8.06. The monoisotopic (exact) mass is 543 g/mol. The lowest BCUT2D eigenvalue weighted by Gasteiger charge is -2.46. The maximum Gasteiger partial charge on any atom is 0.407 e. The van der Waals surface area contributed by atoms with Crippen LogP contribution in [0.4, 0.5) is 4.79 Å². The van der Waals surface area contributed by atoms with Crippen LogP contribution < -0.4 is 5.32 Å². The van der Waals surface area contributed by atoms with Crippen molar-refractivity contribution in [2.45, 2.75) is 128 Å². The lowest BCUT2D eigenvalue weighted by molar-refractivity contribution is 0.0276. The molecule has 3 fully saturated rings. The zero-order valence-electron chi connectivity index (χ0n) is 23.5. The van der Waals surface area contributed by atoms with Gasteiger partial charge in [-0.25, -0.2) is 4.79 Å². The predicted molar refractivity (Wildman–Crippen MR) is 152 cm³/mol. The first-order valence-corrected chi connectivity index (χ1v) is 15.5. The Balaban J connectivity index is 1.13. The highest BCUT2D eigenvalue weighted by Gasteiger charge is 2.37. The average molecular weight is 544 g/mol. The topological polar surface area (TPSA) is 90.7 Å². The molecule has 0 aromatic carbocycles. The summed E-state index contributed by atoms with van der Waals surface area (Å²) in [4.78, 5) is 31.2. The third-order valence-electron chi connectivity index (χ3n) is 9.05. The first kappa shape index (κ1) is 27.4. The van der Waals surface area contributed by atoms with E-state index in [1.54, 1.807) is 16.2 Å². The molecule has 2 aromatic rings. The summed E-state index contributed by atoms with van der Waals surface area (Å²) in [6.07, 6.45) is 11.4. The molecule has 1 aliphatic heterocycles. The molecule has 2 saturated carbocycles. The molecule has 1 saturated heterocycles. The Morgan fingerprint density at radius 2 is 1.66 bits per heavy atom. The third-order valence-corrected chi connectivity index (χ3v) is 10.2. The van der Waals surface area contributed by atoms with E-state index in [4.69, 9.17) is 5.10 Å². The van der Waals surface area contributed by atoms with Crippen LogP contribution in [0.1, 0.15) is 113 Å². The summed E-state index contributed by atoms with van der Waals surface area (Å²) in [7, 11) is 0. The predicted octanol–water partition coefficient (Wildman–Crippen LogP) is 6.20. The maximum atomic E-state index is 13.2. The molecule has 0 spiro atoms. The SMILES string of the molecule is Cc1nn(C2CCCCC2)c2sc(C(=O)NC3CCC(N4CCC(N(C(=O)O)C(C)(C)C)CC4)CC3)cc12. The van der Waals surface area contributed by atoms with Crippen molar-refractivity contribution in [3.05, 3.63) is 16.6 Å². The molecule has 0 unspecified atom stereocenters. The second kappa shape index (κ2) is 11.2. The van der Waals surface area contributed by atoms with Gasteiger partial charge in [-0.15, -0.1) is 11.3 Å². The molecule has 3 aliphatic rings. The second-order valence-corrected chi connectivity index (χ2v) is 13.8. The van der Waals surface area contributed by atoms with E-state index in [0.717, 1.165) is 72.4 Å². The highest BCUT2D eigenvalue weighted by molar-refractivity contribution is 7.20. The number of thiophene rings is 1. The van der Waals surface area contributed by atoms with Gasteiger partial charge >= 0.3 is 6.09 Å². The van der Waals surface area contributed by atoms with Crippen molar-refractivity contribution in [3.63, 3.8) is 0 Å². The van der Waals surface area contributed by atoms with Gasteiger partial charge in [0.15, 0.2) is 0 Å². The van der Waals surface area contributed by atoms with Crippen molar-refractivity contribution in [2.75, 3.05) is 13.1 Å². The number of carbonyl (C=O) groups excluding carboxylic acids is 1. The van der Waals surface area contributed by atoms with E-state index in [-0.39, 0.29) is 23.5 Å². The van der Waals surface area contributed by atoms with Crippen molar-refractivity contribution in [3.8, 4) is 0 Å². The summed E-state index contributed by atoms with van der Waals surface area (Å²) in [5.74, 6) is 0.0565. The van der Waals surface area contributed by atoms with E-state index >= 15 is 0 Å². The molecule has 2 aromatic heterocycles. The number of aromatic nitrogens is 2. The van der Waals surface area contributed by atoms with Crippen LogP contribution in [-0.2, 0) is 0 Å². The number of fused-ring (bicyclic) bond motifs is 1. The molecule has 5 rings (SSSR count). The Morgan fingerprint density at radius 3 is 2.26 bits per heavy atom. The Morgan fingerprint density at radius 1 is 1.00 bits per heavy atom. The van der Waals surface area contributed by atoms with Crippen LogP contribution in [0.25, 0.3) is 10.2 Å². The van der Waals surface area contributed by atoms with Crippen LogP contribution in [0.15, 0.2) is 6.07 Å². The van der Waals surface area contributed by atoms with E-state index in [0.29, 0.717) is 12.1 Å². The van der Waals surface area contributed by atoms with Gasteiger partial charge in [0.05, 0.1) is 16.6 Å². The molecule has 210 valence electrons. The Hall–Kier alpha value is -2.13. The summed E-state index contributed by atoms with van der Waals surface area (Å²) >= 11 is 1.60. The number of amides is 2. The molecule has 3 heterocycles. The number of likely N-dealkylation sites (tertiary alicyclic amines) is 1. The number of nitrogens with one attached hydrogen (secondary N) is 1. The van der Waals surface area contributed by atoms with Crippen LogP contribution in [-0.4, -0.2) is 73.4 Å². The van der Waals surface area contributed by atoms with E-state index < -0.39 is 6.09 Å². The van der Waals surface area contributed by atoms with Crippen molar-refractivity contribution in [1.29, 1.82) is 0 Å². The van der Waals surface area contributed by atoms with E-state index in [1.165, 1.54) is 32.1 Å². The van der Waals surface area contributed by atoms with Gasteiger partial charge in [0.25, 0.3) is 5.91 Å². The molecule has 38 heavy (non-hydrogen) atoms. The molecule has 2 aliphatic carbocycles. The van der Waals surface area contributed by atoms with Crippen molar-refractivity contribution >= 4 is 33.6 Å². The fraction of sp³-hybridized carbons (Fsp3) is 0.759. The van der Waals surface area contributed by atoms with Crippen molar-refractivity contribution < 1.29 is 14.7 Å². The number of hydrogen-bond acceptors (Lipinski definition) is 5. The van der Waals surface area contributed by atoms with Gasteiger partial charge in [0, 0.05) is 42.1 Å². The van der Waals surface area contributed by atoms with Gasteiger partial charge in [0.2, 0.25) is 0 Å². The van der Waals surface area contributed by atoms with Crippen LogP contribution in [0.5, 0.6) is 0 Å². The zero-order valence-corrected chi connectivity index (χ0v) is 24.4. The van der Waals surface area contributed by atoms with Crippen molar-refractivity contribution in [1.82, 2.24) is 24.9 Å². The number of aryl methyl sites for hydroxylation is 1. The standard InChI is InChI=1S/C29H45N5O3S/c1-19-24-18-25(38-27(24)34(31-19)23-8-6-5-7-9-23)26(35)30-20-10-12-21(13-11-20)32-16-14-22(15-17-32)33(28(36)37)29(2,3)4/h18,20-23H,5-17H2,1-4H3,(H,30,35)(H,36,37). The lowest BCUT2D eigenvalue weighted by atomic mass is 9.88. The number of hydrogen-bond donors (Lipinski definition) is 2. The molecule has 0 atom stereocenters. The smallest absolute Gasteiger partial charge is 0.407 e. The number of nitrogens with zero attached hydrogens (tertiary/aromatic N) is 4. The molecule has 2 amide bonds. The largest absolute Gasteiger partial charge is 0.465 e. The van der Waals surface area contributed by atoms with Gasteiger partial charge in [-0.3, -0.25) is 9.48 Å². The van der Waals surface area contributed by atoms with Crippen molar-refractivity contribution in [2.24, 2.45) is 0 Å². The van der Waals surface area contributed by atoms with Gasteiger partial charge < -0.3 is 20.2 Å². The minimum Gasteiger partial charge on any atom is -0.465 e. The number of rotatable bonds is 5. The van der Waals surface area contributed by atoms with Gasteiger partial charge in [-0.1, -0.05) is 19.3 Å². The quantitative estimate of drug-likeness (QED) is 0.469. The van der Waals surface area contributed by atoms with Crippen LogP contribution in [0.3, 0.4) is 0 Å². The number of carboxylic acid groups (broad SMARTS) is 1. The Bertz CT molecular complexity index is 1130. The van der Waals surface area contributed by atoms with Gasteiger partial charge in [0.1, 0.15) is 4.83 Å². The lowest BCUT2D eigenvalue weighted by Crippen LogP contribution is -2.56. The van der Waals surface area contributed by atoms with E-state index in [1.807, 2.05) is 26.8 Å². The van der Waals surface area contributed by atoms with E-state index in [9.17, 15) is 14.7 Å². The highest BCUT2D eigenvalue weighted by atomic mass is 32.1. The maximum absolute atomic E-state index is 13.2. The van der Waals surface area contributed by atoms with Crippen LogP contribution in [0, 0.1) is 6.92 Å². The number of carbonyl (C=O) groups is 2. The van der Waals surface area contributed by atoms with Crippen LogP contribution in [0.2, 0.25) is 0 Å².